The molecule has 0 bridgehead atoms. The van der Waals surface area contributed by atoms with Gasteiger partial charge in [0.2, 0.25) is 0 Å². The van der Waals surface area contributed by atoms with E-state index >= 15 is 0 Å². The van der Waals surface area contributed by atoms with Gasteiger partial charge in [0.05, 0.1) is 17.3 Å². The molecule has 1 unspecified atom stereocenters. The number of nitriles is 1. The first-order valence-electron chi connectivity index (χ1n) is 7.80. The number of halogens is 1. The largest absolute Gasteiger partial charge is 0.398 e. The zero-order valence-corrected chi connectivity index (χ0v) is 14.1. The summed E-state index contributed by atoms with van der Waals surface area (Å²) in [6.45, 7) is 1.72. The highest BCUT2D eigenvalue weighted by atomic mass is 35.5. The van der Waals surface area contributed by atoms with Crippen molar-refractivity contribution in [1.82, 2.24) is 4.98 Å². The topological polar surface area (TPSA) is 98.6 Å². The molecule has 1 aromatic carbocycles. The van der Waals surface area contributed by atoms with E-state index in [0.29, 0.717) is 17.0 Å². The summed E-state index contributed by atoms with van der Waals surface area (Å²) >= 11 is 6.11. The number of benzene rings is 1. The molecule has 0 spiro atoms. The first kappa shape index (κ1) is 16.3. The summed E-state index contributed by atoms with van der Waals surface area (Å²) in [5.74, 6) is 0. The Balaban J connectivity index is 1.94. The van der Waals surface area contributed by atoms with Crippen LogP contribution in [-0.2, 0) is 6.42 Å². The van der Waals surface area contributed by atoms with Crippen molar-refractivity contribution in [3.05, 3.63) is 51.8 Å². The van der Waals surface area contributed by atoms with Crippen LogP contribution in [0.4, 0.5) is 11.4 Å². The van der Waals surface area contributed by atoms with E-state index in [1.807, 2.05) is 18.2 Å². The molecular weight excluding hydrogens is 322 g/mol. The molecule has 0 fully saturated rings. The van der Waals surface area contributed by atoms with Crippen molar-refractivity contribution in [1.29, 1.82) is 10.7 Å². The van der Waals surface area contributed by atoms with Crippen LogP contribution >= 0.6 is 11.6 Å². The van der Waals surface area contributed by atoms with Gasteiger partial charge in [0.15, 0.2) is 0 Å². The van der Waals surface area contributed by atoms with Gasteiger partial charge in [-0.2, -0.15) is 5.26 Å². The minimum atomic E-state index is 0.0292. The van der Waals surface area contributed by atoms with Crippen LogP contribution in [0.1, 0.15) is 48.2 Å². The first-order chi connectivity index (χ1) is 11.5. The third-order valence-corrected chi connectivity index (χ3v) is 4.56. The number of nitrogen functional groups attached to an aromatic ring is 1. The van der Waals surface area contributed by atoms with Gasteiger partial charge in [-0.3, -0.25) is 0 Å². The lowest BCUT2D eigenvalue weighted by molar-refractivity contribution is 0.583. The summed E-state index contributed by atoms with van der Waals surface area (Å²) in [6, 6.07) is 9.55. The van der Waals surface area contributed by atoms with Crippen molar-refractivity contribution in [2.75, 3.05) is 11.1 Å². The second kappa shape index (κ2) is 6.50. The van der Waals surface area contributed by atoms with Crippen LogP contribution in [0.2, 0.25) is 5.15 Å². The Morgan fingerprint density at radius 1 is 1.46 bits per heavy atom. The molecule has 1 atom stereocenters. The molecule has 0 aliphatic heterocycles. The lowest BCUT2D eigenvalue weighted by atomic mass is 9.91. The average Bonchev–Trinajstić information content (AvgIpc) is 2.56. The smallest absolute Gasteiger partial charge is 0.147 e. The fourth-order valence-electron chi connectivity index (χ4n) is 3.07. The quantitative estimate of drug-likeness (QED) is 0.446. The number of nitrogens with two attached hydrogens (primary N) is 1. The van der Waals surface area contributed by atoms with Crippen molar-refractivity contribution in [2.45, 2.75) is 32.2 Å². The second-order valence-electron chi connectivity index (χ2n) is 6.00. The zero-order chi connectivity index (χ0) is 17.3. The van der Waals surface area contributed by atoms with Crippen molar-refractivity contribution >= 4 is 28.7 Å². The molecule has 6 heteroatoms. The van der Waals surface area contributed by atoms with Crippen LogP contribution in [0.15, 0.2) is 24.3 Å². The molecule has 4 N–H and O–H groups in total. The number of hydrogen-bond donors (Lipinski definition) is 3. The number of rotatable bonds is 3. The first-order valence-corrected chi connectivity index (χ1v) is 8.18. The Bertz CT molecular complexity index is 853. The maximum atomic E-state index is 9.11. The van der Waals surface area contributed by atoms with E-state index in [1.165, 1.54) is 0 Å². The standard InChI is InChI=1S/C18H18ClN5/c1-10(21)14-8-13(5-6-15(14)22)23-16-4-2-3-11-7-12(9-20)18(19)24-17(11)16/h5-8,16,21,23H,2-4,22H2,1H3. The number of pyridine rings is 1. The number of fused-ring (bicyclic) bond motifs is 1. The lowest BCUT2D eigenvalue weighted by Crippen LogP contribution is -2.20. The summed E-state index contributed by atoms with van der Waals surface area (Å²) in [6.07, 6.45) is 2.86. The minimum absolute atomic E-state index is 0.0292. The van der Waals surface area contributed by atoms with Gasteiger partial charge in [0, 0.05) is 22.6 Å². The van der Waals surface area contributed by atoms with Crippen LogP contribution in [-0.4, -0.2) is 10.7 Å². The number of aromatic nitrogens is 1. The van der Waals surface area contributed by atoms with Crippen LogP contribution in [0, 0.1) is 16.7 Å². The van der Waals surface area contributed by atoms with Crippen molar-refractivity contribution in [3.63, 3.8) is 0 Å². The average molecular weight is 340 g/mol. The molecule has 1 heterocycles. The molecule has 2 aromatic rings. The fourth-order valence-corrected chi connectivity index (χ4v) is 3.26. The molecule has 0 saturated heterocycles. The van der Waals surface area contributed by atoms with Crippen molar-refractivity contribution in [2.24, 2.45) is 0 Å². The second-order valence-corrected chi connectivity index (χ2v) is 6.36. The maximum absolute atomic E-state index is 9.11. The molecule has 5 nitrogen and oxygen atoms in total. The van der Waals surface area contributed by atoms with Gasteiger partial charge in [-0.25, -0.2) is 4.98 Å². The Morgan fingerprint density at radius 3 is 2.96 bits per heavy atom. The molecule has 1 aromatic heterocycles. The molecule has 1 aliphatic rings. The highest BCUT2D eigenvalue weighted by Gasteiger charge is 2.23. The fraction of sp³-hybridized carbons (Fsp3) is 0.278. The van der Waals surface area contributed by atoms with E-state index in [2.05, 4.69) is 16.4 Å². The van der Waals surface area contributed by atoms with Crippen molar-refractivity contribution < 1.29 is 0 Å². The lowest BCUT2D eigenvalue weighted by Gasteiger charge is -2.27. The monoisotopic (exact) mass is 339 g/mol. The van der Waals surface area contributed by atoms with Gasteiger partial charge in [0.25, 0.3) is 0 Å². The van der Waals surface area contributed by atoms with E-state index in [-0.39, 0.29) is 11.2 Å². The van der Waals surface area contributed by atoms with Crippen LogP contribution in [0.5, 0.6) is 0 Å². The van der Waals surface area contributed by atoms with Crippen LogP contribution < -0.4 is 11.1 Å². The number of anilines is 2. The molecule has 0 amide bonds. The number of hydrogen-bond acceptors (Lipinski definition) is 5. The molecule has 0 saturated carbocycles. The van der Waals surface area contributed by atoms with E-state index in [1.54, 1.807) is 13.0 Å². The molecule has 24 heavy (non-hydrogen) atoms. The molecule has 122 valence electrons. The van der Waals surface area contributed by atoms with E-state index in [4.69, 9.17) is 28.0 Å². The van der Waals surface area contributed by atoms with Gasteiger partial charge >= 0.3 is 0 Å². The van der Waals surface area contributed by atoms with E-state index in [0.717, 1.165) is 41.8 Å². The van der Waals surface area contributed by atoms with Gasteiger partial charge < -0.3 is 16.5 Å². The van der Waals surface area contributed by atoms with Gasteiger partial charge in [0.1, 0.15) is 11.2 Å². The SMILES string of the molecule is CC(=N)c1cc(NC2CCCc3cc(C#N)c(Cl)nc32)ccc1N. The van der Waals surface area contributed by atoms with E-state index < -0.39 is 0 Å². The summed E-state index contributed by atoms with van der Waals surface area (Å²) in [7, 11) is 0. The summed E-state index contributed by atoms with van der Waals surface area (Å²) in [5.41, 5.74) is 11.0. The van der Waals surface area contributed by atoms with Gasteiger partial charge in [-0.05, 0) is 56.0 Å². The van der Waals surface area contributed by atoms with Gasteiger partial charge in [-0.15, -0.1) is 0 Å². The molecular formula is C18H18ClN5. The molecule has 3 rings (SSSR count). The summed E-state index contributed by atoms with van der Waals surface area (Å²) in [5, 5.41) is 20.6. The summed E-state index contributed by atoms with van der Waals surface area (Å²) in [4.78, 5) is 4.45. The number of nitrogens with one attached hydrogen (secondary N) is 2. The zero-order valence-electron chi connectivity index (χ0n) is 13.4. The highest BCUT2D eigenvalue weighted by Crippen LogP contribution is 2.34. The van der Waals surface area contributed by atoms with Crippen molar-refractivity contribution in [3.8, 4) is 6.07 Å². The normalized spacial score (nSPS) is 16.1. The highest BCUT2D eigenvalue weighted by molar-refractivity contribution is 6.30. The third kappa shape index (κ3) is 3.06. The minimum Gasteiger partial charge on any atom is -0.398 e. The Hall–Kier alpha value is -2.58. The third-order valence-electron chi connectivity index (χ3n) is 4.28. The Labute approximate surface area is 146 Å². The van der Waals surface area contributed by atoms with E-state index in [9.17, 15) is 0 Å². The Kier molecular flexibility index (Phi) is 4.41. The maximum Gasteiger partial charge on any atom is 0.147 e. The van der Waals surface area contributed by atoms with Crippen LogP contribution in [0.3, 0.4) is 0 Å². The predicted octanol–water partition coefficient (Wildman–Crippen LogP) is 4.07. The molecule has 1 aliphatic carbocycles. The van der Waals surface area contributed by atoms with Gasteiger partial charge in [-0.1, -0.05) is 11.6 Å². The predicted molar refractivity (Wildman–Crippen MR) is 96.6 cm³/mol. The van der Waals surface area contributed by atoms with Crippen LogP contribution in [0.25, 0.3) is 0 Å². The summed E-state index contributed by atoms with van der Waals surface area (Å²) < 4.78 is 0. The number of nitrogens with zero attached hydrogens (tertiary/aromatic N) is 2. The number of aryl methyl sites for hydroxylation is 1. The Morgan fingerprint density at radius 2 is 2.25 bits per heavy atom. The molecule has 0 radical (unpaired) electrons.